The highest BCUT2D eigenvalue weighted by molar-refractivity contribution is 5.88. The number of hydrogen-bond acceptors (Lipinski definition) is 6. The van der Waals surface area contributed by atoms with Crippen LogP contribution in [0.15, 0.2) is 41.5 Å². The number of methoxy groups -OCH3 is 3. The number of aryl methyl sites for hydroxylation is 1. The van der Waals surface area contributed by atoms with Gasteiger partial charge in [0.1, 0.15) is 0 Å². The van der Waals surface area contributed by atoms with Crippen molar-refractivity contribution in [1.29, 1.82) is 0 Å². The van der Waals surface area contributed by atoms with E-state index in [9.17, 15) is 4.79 Å². The lowest BCUT2D eigenvalue weighted by Crippen LogP contribution is -2.25. The number of carbonyl (C=O) groups is 1. The third-order valence-electron chi connectivity index (χ3n) is 3.63. The average molecular weight is 357 g/mol. The standard InChI is InChI=1S/C19H23N3O4/c1-13-5-8-15(9-6-13)20-12-17(23)22-21-11-14-7-10-16(24-2)19(26-4)18(14)25-3/h5-11,20H,12H2,1-4H3,(H,22,23)/b21-11+. The largest absolute Gasteiger partial charge is 0.493 e. The molecule has 1 amide bonds. The zero-order chi connectivity index (χ0) is 18.9. The van der Waals surface area contributed by atoms with Crippen molar-refractivity contribution >= 4 is 17.8 Å². The van der Waals surface area contributed by atoms with Crippen molar-refractivity contribution < 1.29 is 19.0 Å². The van der Waals surface area contributed by atoms with Crippen LogP contribution >= 0.6 is 0 Å². The molecule has 0 heterocycles. The molecule has 0 aliphatic rings. The molecule has 2 aromatic carbocycles. The van der Waals surface area contributed by atoms with Crippen LogP contribution in [0.2, 0.25) is 0 Å². The summed E-state index contributed by atoms with van der Waals surface area (Å²) in [4.78, 5) is 11.9. The number of hydrazone groups is 1. The van der Waals surface area contributed by atoms with Gasteiger partial charge in [-0.2, -0.15) is 5.10 Å². The highest BCUT2D eigenvalue weighted by Gasteiger charge is 2.14. The first-order valence-electron chi connectivity index (χ1n) is 8.00. The molecule has 138 valence electrons. The van der Waals surface area contributed by atoms with Crippen molar-refractivity contribution in [1.82, 2.24) is 5.43 Å². The maximum Gasteiger partial charge on any atom is 0.259 e. The first-order valence-corrected chi connectivity index (χ1v) is 8.00. The highest BCUT2D eigenvalue weighted by Crippen LogP contribution is 2.38. The number of nitrogens with zero attached hydrogens (tertiary/aromatic N) is 1. The Morgan fingerprint density at radius 2 is 1.69 bits per heavy atom. The summed E-state index contributed by atoms with van der Waals surface area (Å²) in [5, 5.41) is 7.00. The second kappa shape index (κ2) is 9.31. The number of nitrogens with one attached hydrogen (secondary N) is 2. The van der Waals surface area contributed by atoms with Crippen LogP contribution in [0.4, 0.5) is 5.69 Å². The van der Waals surface area contributed by atoms with E-state index in [1.165, 1.54) is 20.4 Å². The minimum Gasteiger partial charge on any atom is -0.493 e. The number of rotatable bonds is 8. The lowest BCUT2D eigenvalue weighted by molar-refractivity contribution is -0.119. The maximum absolute atomic E-state index is 11.9. The zero-order valence-electron chi connectivity index (χ0n) is 15.3. The molecular weight excluding hydrogens is 334 g/mol. The lowest BCUT2D eigenvalue weighted by Gasteiger charge is -2.13. The first-order chi connectivity index (χ1) is 12.6. The van der Waals surface area contributed by atoms with Crippen LogP contribution in [0, 0.1) is 6.92 Å². The van der Waals surface area contributed by atoms with Crippen molar-refractivity contribution in [2.45, 2.75) is 6.92 Å². The minimum atomic E-state index is -0.263. The molecule has 0 aliphatic heterocycles. The summed E-state index contributed by atoms with van der Waals surface area (Å²) in [6.45, 7) is 2.12. The molecule has 0 bridgehead atoms. The molecule has 2 rings (SSSR count). The topological polar surface area (TPSA) is 81.2 Å². The molecule has 0 unspecified atom stereocenters. The van der Waals surface area contributed by atoms with E-state index in [4.69, 9.17) is 14.2 Å². The second-order valence-corrected chi connectivity index (χ2v) is 5.44. The molecular formula is C19H23N3O4. The summed E-state index contributed by atoms with van der Waals surface area (Å²) in [6, 6.07) is 11.3. The number of amides is 1. The molecule has 0 saturated heterocycles. The van der Waals surface area contributed by atoms with E-state index >= 15 is 0 Å². The summed E-state index contributed by atoms with van der Waals surface area (Å²) >= 11 is 0. The molecule has 2 aromatic rings. The fraction of sp³-hybridized carbons (Fsp3) is 0.263. The summed E-state index contributed by atoms with van der Waals surface area (Å²) < 4.78 is 15.9. The Bertz CT molecular complexity index is 773. The van der Waals surface area contributed by atoms with Crippen LogP contribution in [0.5, 0.6) is 17.2 Å². The number of ether oxygens (including phenoxy) is 3. The Labute approximate surface area is 153 Å². The van der Waals surface area contributed by atoms with Gasteiger partial charge in [0.25, 0.3) is 5.91 Å². The van der Waals surface area contributed by atoms with E-state index in [1.54, 1.807) is 19.2 Å². The Morgan fingerprint density at radius 3 is 2.31 bits per heavy atom. The summed E-state index contributed by atoms with van der Waals surface area (Å²) in [5.41, 5.74) is 5.15. The predicted molar refractivity (Wildman–Crippen MR) is 102 cm³/mol. The molecule has 2 N–H and O–H groups in total. The summed E-state index contributed by atoms with van der Waals surface area (Å²) in [5.74, 6) is 1.23. The van der Waals surface area contributed by atoms with E-state index in [1.807, 2.05) is 31.2 Å². The molecule has 0 saturated carbocycles. The Balaban J connectivity index is 1.97. The molecule has 0 atom stereocenters. The first kappa shape index (κ1) is 19.1. The van der Waals surface area contributed by atoms with Gasteiger partial charge in [0, 0.05) is 11.3 Å². The van der Waals surface area contributed by atoms with E-state index in [0.717, 1.165) is 11.3 Å². The minimum absolute atomic E-state index is 0.115. The van der Waals surface area contributed by atoms with Gasteiger partial charge < -0.3 is 19.5 Å². The van der Waals surface area contributed by atoms with Crippen LogP contribution in [0.3, 0.4) is 0 Å². The Morgan fingerprint density at radius 1 is 1.00 bits per heavy atom. The third-order valence-corrected chi connectivity index (χ3v) is 3.63. The molecule has 0 spiro atoms. The van der Waals surface area contributed by atoms with Crippen LogP contribution in [0.25, 0.3) is 0 Å². The predicted octanol–water partition coefficient (Wildman–Crippen LogP) is 2.58. The van der Waals surface area contributed by atoms with Crippen molar-refractivity contribution in [3.05, 3.63) is 47.5 Å². The fourth-order valence-corrected chi connectivity index (χ4v) is 2.29. The number of hydrogen-bond donors (Lipinski definition) is 2. The molecule has 0 fully saturated rings. The molecule has 7 nitrogen and oxygen atoms in total. The Hall–Kier alpha value is -3.22. The van der Waals surface area contributed by atoms with E-state index in [0.29, 0.717) is 22.8 Å². The van der Waals surface area contributed by atoms with E-state index < -0.39 is 0 Å². The lowest BCUT2D eigenvalue weighted by atomic mass is 10.2. The van der Waals surface area contributed by atoms with Crippen molar-refractivity contribution in [2.75, 3.05) is 33.2 Å². The van der Waals surface area contributed by atoms with Gasteiger partial charge >= 0.3 is 0 Å². The normalized spacial score (nSPS) is 10.5. The van der Waals surface area contributed by atoms with Gasteiger partial charge in [-0.25, -0.2) is 5.43 Å². The van der Waals surface area contributed by atoms with Gasteiger partial charge in [-0.3, -0.25) is 4.79 Å². The molecule has 7 heteroatoms. The maximum atomic E-state index is 11.9. The smallest absolute Gasteiger partial charge is 0.259 e. The van der Waals surface area contributed by atoms with Gasteiger partial charge in [0.2, 0.25) is 5.75 Å². The molecule has 0 aromatic heterocycles. The molecule has 0 radical (unpaired) electrons. The summed E-state index contributed by atoms with van der Waals surface area (Å²) in [7, 11) is 4.60. The average Bonchev–Trinajstić information content (AvgIpc) is 2.66. The van der Waals surface area contributed by atoms with Crippen LogP contribution in [0.1, 0.15) is 11.1 Å². The van der Waals surface area contributed by atoms with Gasteiger partial charge in [-0.05, 0) is 31.2 Å². The zero-order valence-corrected chi connectivity index (χ0v) is 15.3. The molecule has 26 heavy (non-hydrogen) atoms. The van der Waals surface area contributed by atoms with Crippen molar-refractivity contribution in [3.63, 3.8) is 0 Å². The number of carbonyl (C=O) groups excluding carboxylic acids is 1. The van der Waals surface area contributed by atoms with Gasteiger partial charge in [-0.15, -0.1) is 0 Å². The third kappa shape index (κ3) is 4.89. The van der Waals surface area contributed by atoms with Crippen LogP contribution in [-0.4, -0.2) is 40.0 Å². The fourth-order valence-electron chi connectivity index (χ4n) is 2.29. The highest BCUT2D eigenvalue weighted by atomic mass is 16.5. The van der Waals surface area contributed by atoms with Gasteiger partial charge in [0.05, 0.1) is 34.1 Å². The van der Waals surface area contributed by atoms with Crippen LogP contribution in [-0.2, 0) is 4.79 Å². The van der Waals surface area contributed by atoms with E-state index in [2.05, 4.69) is 15.8 Å². The van der Waals surface area contributed by atoms with Crippen molar-refractivity contribution in [2.24, 2.45) is 5.10 Å². The number of benzene rings is 2. The van der Waals surface area contributed by atoms with Gasteiger partial charge in [-0.1, -0.05) is 17.7 Å². The van der Waals surface area contributed by atoms with E-state index in [-0.39, 0.29) is 12.5 Å². The van der Waals surface area contributed by atoms with Crippen molar-refractivity contribution in [3.8, 4) is 17.2 Å². The second-order valence-electron chi connectivity index (χ2n) is 5.44. The summed E-state index contributed by atoms with van der Waals surface area (Å²) in [6.07, 6.45) is 1.49. The monoisotopic (exact) mass is 357 g/mol. The quantitative estimate of drug-likeness (QED) is 0.561. The Kier molecular flexibility index (Phi) is 6.84. The SMILES string of the molecule is COc1ccc(/C=N/NC(=O)CNc2ccc(C)cc2)c(OC)c1OC. The van der Waals surface area contributed by atoms with Gasteiger partial charge in [0.15, 0.2) is 11.5 Å². The number of anilines is 1. The van der Waals surface area contributed by atoms with Crippen LogP contribution < -0.4 is 25.0 Å². The molecule has 0 aliphatic carbocycles.